The van der Waals surface area contributed by atoms with Crippen LogP contribution in [0, 0.1) is 6.92 Å². The first-order valence-corrected chi connectivity index (χ1v) is 8.49. The number of esters is 1. The standard InChI is InChI=1S/C20H17ClO5/c1-3-24-18(22)11-25-16-8-7-15-19(23)17(26-20(15)12(16)2)10-13-5-4-6-14(21)9-13/h4-10H,3,11H2,1-2H3/b17-10-. The summed E-state index contributed by atoms with van der Waals surface area (Å²) in [6.07, 6.45) is 1.65. The molecular weight excluding hydrogens is 356 g/mol. The number of halogens is 1. The molecule has 26 heavy (non-hydrogen) atoms. The normalized spacial score (nSPS) is 14.1. The number of ether oxygens (including phenoxy) is 3. The molecule has 0 atom stereocenters. The first-order chi connectivity index (χ1) is 12.5. The first kappa shape index (κ1) is 18.0. The lowest BCUT2D eigenvalue weighted by Gasteiger charge is -2.10. The molecule has 0 spiro atoms. The fourth-order valence-electron chi connectivity index (χ4n) is 2.61. The van der Waals surface area contributed by atoms with Crippen molar-refractivity contribution in [3.8, 4) is 11.5 Å². The number of fused-ring (bicyclic) bond motifs is 1. The van der Waals surface area contributed by atoms with Crippen molar-refractivity contribution in [3.05, 3.63) is 63.9 Å². The molecule has 0 radical (unpaired) electrons. The SMILES string of the molecule is CCOC(=O)COc1ccc2c(c1C)O/C(=C\c1cccc(Cl)c1)C2=O. The molecule has 2 aromatic rings. The van der Waals surface area contributed by atoms with Crippen molar-refractivity contribution in [2.45, 2.75) is 13.8 Å². The molecule has 1 heterocycles. The van der Waals surface area contributed by atoms with Crippen molar-refractivity contribution in [3.63, 3.8) is 0 Å². The number of carbonyl (C=O) groups is 2. The smallest absolute Gasteiger partial charge is 0.344 e. The average molecular weight is 373 g/mol. The van der Waals surface area contributed by atoms with Gasteiger partial charge >= 0.3 is 5.97 Å². The van der Waals surface area contributed by atoms with E-state index in [0.29, 0.717) is 34.3 Å². The number of ketones is 1. The van der Waals surface area contributed by atoms with Crippen molar-refractivity contribution in [1.29, 1.82) is 0 Å². The average Bonchev–Trinajstić information content (AvgIpc) is 2.92. The first-order valence-electron chi connectivity index (χ1n) is 8.11. The molecule has 0 aliphatic carbocycles. The summed E-state index contributed by atoms with van der Waals surface area (Å²) in [7, 11) is 0. The number of hydrogen-bond acceptors (Lipinski definition) is 5. The van der Waals surface area contributed by atoms with E-state index in [-0.39, 0.29) is 18.1 Å². The van der Waals surface area contributed by atoms with Crippen LogP contribution in [0.3, 0.4) is 0 Å². The molecule has 0 fully saturated rings. The maximum Gasteiger partial charge on any atom is 0.344 e. The number of benzene rings is 2. The van der Waals surface area contributed by atoms with Crippen LogP contribution in [-0.2, 0) is 9.53 Å². The highest BCUT2D eigenvalue weighted by Gasteiger charge is 2.30. The zero-order valence-corrected chi connectivity index (χ0v) is 15.1. The third-order valence-corrected chi connectivity index (χ3v) is 4.07. The summed E-state index contributed by atoms with van der Waals surface area (Å²) in [4.78, 5) is 24.0. The predicted octanol–water partition coefficient (Wildman–Crippen LogP) is 4.21. The molecule has 1 aliphatic heterocycles. The second-order valence-electron chi connectivity index (χ2n) is 5.65. The van der Waals surface area contributed by atoms with Gasteiger partial charge < -0.3 is 14.2 Å². The van der Waals surface area contributed by atoms with Crippen molar-refractivity contribution < 1.29 is 23.8 Å². The molecule has 0 saturated carbocycles. The highest BCUT2D eigenvalue weighted by Crippen LogP contribution is 2.39. The van der Waals surface area contributed by atoms with Crippen LogP contribution in [0.4, 0.5) is 0 Å². The van der Waals surface area contributed by atoms with E-state index >= 15 is 0 Å². The van der Waals surface area contributed by atoms with E-state index in [1.54, 1.807) is 50.3 Å². The molecule has 0 bridgehead atoms. The molecule has 6 heteroatoms. The predicted molar refractivity (Wildman–Crippen MR) is 97.7 cm³/mol. The maximum absolute atomic E-state index is 12.6. The lowest BCUT2D eigenvalue weighted by atomic mass is 10.1. The summed E-state index contributed by atoms with van der Waals surface area (Å²) in [5.41, 5.74) is 1.87. The lowest BCUT2D eigenvalue weighted by Crippen LogP contribution is -2.15. The van der Waals surface area contributed by atoms with Crippen LogP contribution in [0.15, 0.2) is 42.2 Å². The van der Waals surface area contributed by atoms with E-state index < -0.39 is 5.97 Å². The Morgan fingerprint density at radius 1 is 1.27 bits per heavy atom. The zero-order chi connectivity index (χ0) is 18.7. The molecule has 1 aliphatic rings. The number of Topliss-reactive ketones (excluding diaryl/α,β-unsaturated/α-hetero) is 1. The third kappa shape index (κ3) is 3.73. The fourth-order valence-corrected chi connectivity index (χ4v) is 2.81. The highest BCUT2D eigenvalue weighted by molar-refractivity contribution is 6.30. The van der Waals surface area contributed by atoms with Gasteiger partial charge in [0.2, 0.25) is 5.78 Å². The minimum atomic E-state index is -0.453. The van der Waals surface area contributed by atoms with Crippen molar-refractivity contribution >= 4 is 29.4 Å². The fraction of sp³-hybridized carbons (Fsp3) is 0.200. The third-order valence-electron chi connectivity index (χ3n) is 3.83. The molecule has 0 aromatic heterocycles. The molecule has 3 rings (SSSR count). The minimum Gasteiger partial charge on any atom is -0.481 e. The largest absolute Gasteiger partial charge is 0.481 e. The van der Waals surface area contributed by atoms with E-state index in [9.17, 15) is 9.59 Å². The minimum absolute atomic E-state index is 0.202. The van der Waals surface area contributed by atoms with Gasteiger partial charge in [0.15, 0.2) is 12.4 Å². The Bertz CT molecular complexity index is 901. The summed E-state index contributed by atoms with van der Waals surface area (Å²) in [6.45, 7) is 3.59. The van der Waals surface area contributed by atoms with E-state index in [2.05, 4.69) is 0 Å². The summed E-state index contributed by atoms with van der Waals surface area (Å²) < 4.78 is 16.1. The Balaban J connectivity index is 1.83. The van der Waals surface area contributed by atoms with Crippen LogP contribution in [0.5, 0.6) is 11.5 Å². The molecule has 0 saturated heterocycles. The Morgan fingerprint density at radius 3 is 2.81 bits per heavy atom. The Morgan fingerprint density at radius 2 is 2.08 bits per heavy atom. The topological polar surface area (TPSA) is 61.8 Å². The van der Waals surface area contributed by atoms with Gasteiger partial charge in [0.1, 0.15) is 11.5 Å². The molecule has 0 amide bonds. The zero-order valence-electron chi connectivity index (χ0n) is 14.4. The monoisotopic (exact) mass is 372 g/mol. The Labute approximate surface area is 156 Å². The second-order valence-corrected chi connectivity index (χ2v) is 6.09. The van der Waals surface area contributed by atoms with Crippen LogP contribution in [-0.4, -0.2) is 25.0 Å². The maximum atomic E-state index is 12.6. The quantitative estimate of drug-likeness (QED) is 0.581. The molecule has 0 unspecified atom stereocenters. The number of hydrogen-bond donors (Lipinski definition) is 0. The van der Waals surface area contributed by atoms with Gasteiger partial charge in [-0.05, 0) is 49.8 Å². The summed E-state index contributed by atoms with van der Waals surface area (Å²) >= 11 is 5.98. The summed E-state index contributed by atoms with van der Waals surface area (Å²) in [5, 5.41) is 0.577. The van der Waals surface area contributed by atoms with Crippen LogP contribution < -0.4 is 9.47 Å². The van der Waals surface area contributed by atoms with Crippen LogP contribution in [0.1, 0.15) is 28.4 Å². The molecular formula is C20H17ClO5. The van der Waals surface area contributed by atoms with Gasteiger partial charge in [-0.15, -0.1) is 0 Å². The van der Waals surface area contributed by atoms with Crippen LogP contribution in [0.25, 0.3) is 6.08 Å². The van der Waals surface area contributed by atoms with E-state index in [1.165, 1.54) is 0 Å². The summed E-state index contributed by atoms with van der Waals surface area (Å²) in [5.74, 6) is 0.456. The van der Waals surface area contributed by atoms with Crippen LogP contribution in [0.2, 0.25) is 5.02 Å². The van der Waals surface area contributed by atoms with Gasteiger partial charge in [-0.2, -0.15) is 0 Å². The molecule has 0 N–H and O–H groups in total. The number of carbonyl (C=O) groups excluding carboxylic acids is 2. The lowest BCUT2D eigenvalue weighted by molar-refractivity contribution is -0.145. The number of allylic oxidation sites excluding steroid dienone is 1. The van der Waals surface area contributed by atoms with Crippen molar-refractivity contribution in [1.82, 2.24) is 0 Å². The van der Waals surface area contributed by atoms with Gasteiger partial charge in [-0.1, -0.05) is 23.7 Å². The summed E-state index contributed by atoms with van der Waals surface area (Å²) in [6, 6.07) is 10.4. The van der Waals surface area contributed by atoms with Crippen molar-refractivity contribution in [2.24, 2.45) is 0 Å². The Kier molecular flexibility index (Phi) is 5.28. The van der Waals surface area contributed by atoms with Crippen molar-refractivity contribution in [2.75, 3.05) is 13.2 Å². The van der Waals surface area contributed by atoms with E-state index in [4.69, 9.17) is 25.8 Å². The van der Waals surface area contributed by atoms with E-state index in [0.717, 1.165) is 5.56 Å². The van der Waals surface area contributed by atoms with Gasteiger partial charge in [0.05, 0.1) is 12.2 Å². The molecule has 5 nitrogen and oxygen atoms in total. The van der Waals surface area contributed by atoms with Crippen LogP contribution >= 0.6 is 11.6 Å². The van der Waals surface area contributed by atoms with Gasteiger partial charge in [-0.25, -0.2) is 4.79 Å². The van der Waals surface area contributed by atoms with Gasteiger partial charge in [0, 0.05) is 10.6 Å². The highest BCUT2D eigenvalue weighted by atomic mass is 35.5. The van der Waals surface area contributed by atoms with E-state index in [1.807, 2.05) is 6.07 Å². The molecule has 134 valence electrons. The number of rotatable bonds is 5. The molecule has 2 aromatic carbocycles. The Hall–Kier alpha value is -2.79. The van der Waals surface area contributed by atoms with Gasteiger partial charge in [-0.3, -0.25) is 4.79 Å². The van der Waals surface area contributed by atoms with Gasteiger partial charge in [0.25, 0.3) is 0 Å². The second kappa shape index (κ2) is 7.62.